The maximum absolute atomic E-state index is 13.1. The van der Waals surface area contributed by atoms with Crippen LogP contribution in [0.4, 0.5) is 0 Å². The number of hydrogen-bond donors (Lipinski definition) is 0. The van der Waals surface area contributed by atoms with Gasteiger partial charge in [-0.05, 0) is 39.3 Å². The number of methoxy groups -OCH3 is 1. The van der Waals surface area contributed by atoms with Crippen molar-refractivity contribution in [3.05, 3.63) is 41.1 Å². The Morgan fingerprint density at radius 3 is 2.93 bits per heavy atom. The van der Waals surface area contributed by atoms with Crippen LogP contribution in [0.5, 0.6) is 0 Å². The van der Waals surface area contributed by atoms with Crippen molar-refractivity contribution in [1.82, 2.24) is 19.6 Å². The molecule has 0 radical (unpaired) electrons. The van der Waals surface area contributed by atoms with Gasteiger partial charge in [-0.3, -0.25) is 9.48 Å². The number of rotatable bonds is 8. The van der Waals surface area contributed by atoms with Crippen LogP contribution in [-0.2, 0) is 30.7 Å². The zero-order valence-corrected chi connectivity index (χ0v) is 16.8. The molecule has 0 fully saturated rings. The van der Waals surface area contributed by atoms with Crippen molar-refractivity contribution in [1.29, 1.82) is 0 Å². The summed E-state index contributed by atoms with van der Waals surface area (Å²) in [6.07, 6.45) is 6.19. The molecule has 2 heterocycles. The van der Waals surface area contributed by atoms with Crippen LogP contribution in [0.2, 0.25) is 0 Å². The lowest BCUT2D eigenvalue weighted by Gasteiger charge is -2.31. The van der Waals surface area contributed by atoms with Crippen LogP contribution in [0.3, 0.4) is 0 Å². The van der Waals surface area contributed by atoms with Crippen LogP contribution >= 0.6 is 0 Å². The van der Waals surface area contributed by atoms with Gasteiger partial charge in [0.2, 0.25) is 0 Å². The average Bonchev–Trinajstić information content (AvgIpc) is 3.32. The third-order valence-corrected chi connectivity index (χ3v) is 5.44. The van der Waals surface area contributed by atoms with E-state index in [1.165, 1.54) is 5.69 Å². The lowest BCUT2D eigenvalue weighted by Crippen LogP contribution is -2.39. The predicted octanol–water partition coefficient (Wildman–Crippen LogP) is 2.20. The smallest absolute Gasteiger partial charge is 0.274 e. The van der Waals surface area contributed by atoms with Crippen LogP contribution in [0.1, 0.15) is 40.7 Å². The molecule has 1 unspecified atom stereocenters. The summed E-state index contributed by atoms with van der Waals surface area (Å²) in [7, 11) is 5.67. The molecule has 1 amide bonds. The van der Waals surface area contributed by atoms with E-state index in [9.17, 15) is 4.79 Å². The van der Waals surface area contributed by atoms with E-state index in [4.69, 9.17) is 9.15 Å². The molecule has 0 saturated carbocycles. The second-order valence-electron chi connectivity index (χ2n) is 7.25. The largest absolute Gasteiger partial charge is 0.472 e. The molecule has 2 aromatic heterocycles. The lowest BCUT2D eigenvalue weighted by atomic mass is 9.90. The van der Waals surface area contributed by atoms with Crippen molar-refractivity contribution in [3.63, 3.8) is 0 Å². The van der Waals surface area contributed by atoms with Gasteiger partial charge in [-0.25, -0.2) is 0 Å². The molecule has 0 N–H and O–H groups in total. The molecule has 2 aromatic rings. The summed E-state index contributed by atoms with van der Waals surface area (Å²) < 4.78 is 12.3. The summed E-state index contributed by atoms with van der Waals surface area (Å²) in [5.41, 5.74) is 3.91. The first-order chi connectivity index (χ1) is 13.0. The number of aryl methyl sites for hydroxylation is 1. The summed E-state index contributed by atoms with van der Waals surface area (Å²) in [4.78, 5) is 17.2. The van der Waals surface area contributed by atoms with Gasteiger partial charge in [0.1, 0.15) is 0 Å². The number of likely N-dealkylation sites (N-methyl/N-ethyl adjacent to an activating group) is 1. The first-order valence-corrected chi connectivity index (χ1v) is 9.59. The Bertz CT molecular complexity index is 754. The normalized spacial score (nSPS) is 16.6. The Hall–Kier alpha value is -2.12. The number of fused-ring (bicyclic) bond motifs is 1. The van der Waals surface area contributed by atoms with Gasteiger partial charge < -0.3 is 19.0 Å². The Morgan fingerprint density at radius 1 is 1.44 bits per heavy atom. The van der Waals surface area contributed by atoms with E-state index in [-0.39, 0.29) is 5.91 Å². The molecule has 0 saturated heterocycles. The summed E-state index contributed by atoms with van der Waals surface area (Å²) >= 11 is 0. The molecule has 0 aromatic carbocycles. The van der Waals surface area contributed by atoms with Gasteiger partial charge in [-0.15, -0.1) is 0 Å². The molecule has 1 aliphatic rings. The second-order valence-corrected chi connectivity index (χ2v) is 7.25. The molecule has 3 rings (SSSR count). The van der Waals surface area contributed by atoms with Gasteiger partial charge in [-0.2, -0.15) is 5.10 Å². The van der Waals surface area contributed by atoms with E-state index in [0.29, 0.717) is 24.9 Å². The third kappa shape index (κ3) is 4.25. The highest BCUT2D eigenvalue weighted by Crippen LogP contribution is 2.28. The molecule has 7 nitrogen and oxygen atoms in total. The fourth-order valence-corrected chi connectivity index (χ4v) is 3.81. The third-order valence-electron chi connectivity index (χ3n) is 5.44. The Morgan fingerprint density at radius 2 is 2.26 bits per heavy atom. The van der Waals surface area contributed by atoms with Gasteiger partial charge in [0.15, 0.2) is 5.69 Å². The Balaban J connectivity index is 1.80. The molecule has 1 aliphatic carbocycles. The van der Waals surface area contributed by atoms with E-state index in [1.807, 2.05) is 17.8 Å². The van der Waals surface area contributed by atoms with Crippen LogP contribution in [-0.4, -0.2) is 65.9 Å². The molecule has 7 heteroatoms. The highest BCUT2D eigenvalue weighted by atomic mass is 16.5. The zero-order chi connectivity index (χ0) is 19.4. The second kappa shape index (κ2) is 8.71. The highest BCUT2D eigenvalue weighted by molar-refractivity contribution is 5.94. The number of furan rings is 1. The van der Waals surface area contributed by atoms with Crippen molar-refractivity contribution < 1.29 is 13.9 Å². The number of ether oxygens (including phenoxy) is 1. The van der Waals surface area contributed by atoms with Crippen molar-refractivity contribution in [3.8, 4) is 0 Å². The van der Waals surface area contributed by atoms with Crippen LogP contribution in [0.15, 0.2) is 23.0 Å². The number of hydrogen-bond acceptors (Lipinski definition) is 5. The van der Waals surface area contributed by atoms with Crippen molar-refractivity contribution in [2.24, 2.45) is 0 Å². The predicted molar refractivity (Wildman–Crippen MR) is 103 cm³/mol. The van der Waals surface area contributed by atoms with Gasteiger partial charge in [0, 0.05) is 56.7 Å². The monoisotopic (exact) mass is 374 g/mol. The van der Waals surface area contributed by atoms with Gasteiger partial charge in [-0.1, -0.05) is 0 Å². The van der Waals surface area contributed by atoms with E-state index in [1.54, 1.807) is 24.5 Å². The van der Waals surface area contributed by atoms with Crippen molar-refractivity contribution >= 4 is 5.91 Å². The maximum Gasteiger partial charge on any atom is 0.274 e. The zero-order valence-electron chi connectivity index (χ0n) is 16.8. The number of carbonyl (C=O) groups excluding carboxylic acids is 1. The van der Waals surface area contributed by atoms with Crippen LogP contribution in [0.25, 0.3) is 0 Å². The lowest BCUT2D eigenvalue weighted by molar-refractivity contribution is 0.0776. The standard InChI is InChI=1S/C20H30N4O3/c1-5-24-18-7-6-16(22(2)9-11-26-4)12-17(18)19(21-24)20(25)23(3)13-15-8-10-27-14-15/h8,10,14,16H,5-7,9,11-13H2,1-4H3. The molecule has 27 heavy (non-hydrogen) atoms. The Labute approximate surface area is 160 Å². The fraction of sp³-hybridized carbons (Fsp3) is 0.600. The minimum Gasteiger partial charge on any atom is -0.472 e. The molecule has 0 bridgehead atoms. The highest BCUT2D eigenvalue weighted by Gasteiger charge is 2.31. The summed E-state index contributed by atoms with van der Waals surface area (Å²) in [5, 5.41) is 4.68. The first-order valence-electron chi connectivity index (χ1n) is 9.59. The fourth-order valence-electron chi connectivity index (χ4n) is 3.81. The number of amides is 1. The van der Waals surface area contributed by atoms with Crippen molar-refractivity contribution in [2.75, 3.05) is 34.4 Å². The number of aromatic nitrogens is 2. The van der Waals surface area contributed by atoms with E-state index >= 15 is 0 Å². The van der Waals surface area contributed by atoms with Crippen LogP contribution < -0.4 is 0 Å². The summed E-state index contributed by atoms with van der Waals surface area (Å²) in [6, 6.07) is 2.29. The molecular weight excluding hydrogens is 344 g/mol. The van der Waals surface area contributed by atoms with E-state index in [2.05, 4.69) is 24.0 Å². The van der Waals surface area contributed by atoms with E-state index in [0.717, 1.165) is 43.5 Å². The maximum atomic E-state index is 13.1. The quantitative estimate of drug-likeness (QED) is 0.709. The van der Waals surface area contributed by atoms with Crippen molar-refractivity contribution in [2.45, 2.75) is 45.3 Å². The first kappa shape index (κ1) is 19.6. The number of carbonyl (C=O) groups is 1. The SMILES string of the molecule is CCn1nc(C(=O)N(C)Cc2ccoc2)c2c1CCC(N(C)CCOC)C2. The van der Waals surface area contributed by atoms with Gasteiger partial charge in [0.25, 0.3) is 5.91 Å². The molecular formula is C20H30N4O3. The summed E-state index contributed by atoms with van der Waals surface area (Å²) in [6.45, 7) is 4.98. The minimum atomic E-state index is -0.0279. The Kier molecular flexibility index (Phi) is 6.34. The van der Waals surface area contributed by atoms with Crippen LogP contribution in [0, 0.1) is 0 Å². The molecule has 1 atom stereocenters. The molecule has 0 spiro atoms. The summed E-state index contributed by atoms with van der Waals surface area (Å²) in [5.74, 6) is -0.0279. The topological polar surface area (TPSA) is 63.7 Å². The minimum absolute atomic E-state index is 0.0279. The van der Waals surface area contributed by atoms with E-state index < -0.39 is 0 Å². The molecule has 148 valence electrons. The average molecular weight is 374 g/mol. The van der Waals surface area contributed by atoms with Gasteiger partial charge in [0.05, 0.1) is 19.1 Å². The number of nitrogens with zero attached hydrogens (tertiary/aromatic N) is 4. The molecule has 0 aliphatic heterocycles. The van der Waals surface area contributed by atoms with Gasteiger partial charge >= 0.3 is 0 Å².